The van der Waals surface area contributed by atoms with E-state index in [2.05, 4.69) is 36.8 Å². The number of carbonyl (C=O) groups is 1. The number of alkyl halides is 1. The van der Waals surface area contributed by atoms with Crippen LogP contribution in [-0.2, 0) is 4.79 Å². The number of aldehydes is 1. The molecule has 1 atom stereocenters. The molecule has 0 saturated heterocycles. The van der Waals surface area contributed by atoms with Gasteiger partial charge in [0, 0.05) is 0 Å². The van der Waals surface area contributed by atoms with E-state index >= 15 is 0 Å². The van der Waals surface area contributed by atoms with Crippen LogP contribution in [0.5, 0.6) is 0 Å². The number of aromatic nitrogens is 1. The minimum absolute atomic E-state index is 0.306. The van der Waals surface area contributed by atoms with Crippen LogP contribution >= 0.6 is 31.9 Å². The van der Waals surface area contributed by atoms with Crippen LogP contribution in [0, 0.1) is 0 Å². The van der Waals surface area contributed by atoms with Gasteiger partial charge in [-0.25, -0.2) is 4.98 Å². The average molecular weight is 279 g/mol. The van der Waals surface area contributed by atoms with Gasteiger partial charge in [0.1, 0.15) is 15.7 Å². The quantitative estimate of drug-likeness (QED) is 0.473. The molecule has 0 fully saturated rings. The van der Waals surface area contributed by atoms with E-state index in [1.807, 2.05) is 12.1 Å². The van der Waals surface area contributed by atoms with Crippen molar-refractivity contribution in [2.24, 2.45) is 0 Å². The zero-order valence-electron chi connectivity index (χ0n) is 5.50. The van der Waals surface area contributed by atoms with E-state index in [4.69, 9.17) is 0 Å². The van der Waals surface area contributed by atoms with Crippen LogP contribution in [0.15, 0.2) is 22.8 Å². The molecule has 4 heteroatoms. The first-order chi connectivity index (χ1) is 5.24. The first kappa shape index (κ1) is 8.87. The summed E-state index contributed by atoms with van der Waals surface area (Å²) >= 11 is 6.38. The van der Waals surface area contributed by atoms with E-state index < -0.39 is 0 Å². The van der Waals surface area contributed by atoms with E-state index in [0.29, 0.717) is 0 Å². The molecular weight excluding hydrogens is 274 g/mol. The Kier molecular flexibility index (Phi) is 3.20. The molecule has 0 saturated carbocycles. The van der Waals surface area contributed by atoms with Crippen molar-refractivity contribution in [1.82, 2.24) is 4.98 Å². The standard InChI is InChI=1S/C7H5Br2NO/c8-5(4-11)6-2-1-3-7(9)10-6/h1-5H. The van der Waals surface area contributed by atoms with Gasteiger partial charge in [-0.3, -0.25) is 0 Å². The molecule has 0 aromatic carbocycles. The highest BCUT2D eigenvalue weighted by Gasteiger charge is 2.05. The number of hydrogen-bond donors (Lipinski definition) is 0. The molecule has 1 heterocycles. The fourth-order valence-electron chi connectivity index (χ4n) is 0.647. The fraction of sp³-hybridized carbons (Fsp3) is 0.143. The van der Waals surface area contributed by atoms with Gasteiger partial charge in [-0.15, -0.1) is 0 Å². The third-order valence-electron chi connectivity index (χ3n) is 1.14. The van der Waals surface area contributed by atoms with Gasteiger partial charge in [-0.05, 0) is 28.1 Å². The maximum atomic E-state index is 10.3. The maximum absolute atomic E-state index is 10.3. The fourth-order valence-corrected chi connectivity index (χ4v) is 1.26. The molecule has 0 radical (unpaired) electrons. The Balaban J connectivity index is 2.95. The molecule has 0 aliphatic carbocycles. The van der Waals surface area contributed by atoms with Crippen LogP contribution in [0.2, 0.25) is 0 Å². The first-order valence-corrected chi connectivity index (χ1v) is 4.66. The topological polar surface area (TPSA) is 30.0 Å². The zero-order valence-corrected chi connectivity index (χ0v) is 8.67. The minimum atomic E-state index is -0.306. The van der Waals surface area contributed by atoms with Gasteiger partial charge in [0.05, 0.1) is 5.69 Å². The molecular formula is C7H5Br2NO. The van der Waals surface area contributed by atoms with E-state index in [-0.39, 0.29) is 4.83 Å². The molecule has 1 aromatic rings. The Morgan fingerprint density at radius 2 is 2.27 bits per heavy atom. The van der Waals surface area contributed by atoms with Gasteiger partial charge >= 0.3 is 0 Å². The van der Waals surface area contributed by atoms with E-state index in [0.717, 1.165) is 16.6 Å². The van der Waals surface area contributed by atoms with Gasteiger partial charge in [0.2, 0.25) is 0 Å². The summed E-state index contributed by atoms with van der Waals surface area (Å²) in [4.78, 5) is 14.1. The molecule has 0 spiro atoms. The van der Waals surface area contributed by atoms with E-state index in [1.165, 1.54) is 0 Å². The summed E-state index contributed by atoms with van der Waals surface area (Å²) in [6.07, 6.45) is 0.800. The first-order valence-electron chi connectivity index (χ1n) is 2.96. The lowest BCUT2D eigenvalue weighted by atomic mass is 10.3. The van der Waals surface area contributed by atoms with Crippen LogP contribution in [0.25, 0.3) is 0 Å². The molecule has 11 heavy (non-hydrogen) atoms. The van der Waals surface area contributed by atoms with Crippen molar-refractivity contribution in [3.05, 3.63) is 28.5 Å². The third kappa shape index (κ3) is 2.38. The lowest BCUT2D eigenvalue weighted by molar-refractivity contribution is -0.107. The summed E-state index contributed by atoms with van der Waals surface area (Å²) in [5.41, 5.74) is 0.717. The Labute approximate surface area is 81.3 Å². The van der Waals surface area contributed by atoms with Crippen molar-refractivity contribution in [3.8, 4) is 0 Å². The number of rotatable bonds is 2. The van der Waals surface area contributed by atoms with Gasteiger partial charge in [0.15, 0.2) is 0 Å². The van der Waals surface area contributed by atoms with Crippen LogP contribution in [-0.4, -0.2) is 11.3 Å². The maximum Gasteiger partial charge on any atom is 0.139 e. The second kappa shape index (κ2) is 3.97. The largest absolute Gasteiger partial charge is 0.302 e. The smallest absolute Gasteiger partial charge is 0.139 e. The van der Waals surface area contributed by atoms with E-state index in [9.17, 15) is 4.79 Å². The number of carbonyl (C=O) groups excluding carboxylic acids is 1. The summed E-state index contributed by atoms with van der Waals surface area (Å²) < 4.78 is 0.737. The number of pyridine rings is 1. The van der Waals surface area contributed by atoms with Gasteiger partial charge < -0.3 is 4.79 Å². The van der Waals surface area contributed by atoms with Crippen molar-refractivity contribution in [2.45, 2.75) is 4.83 Å². The molecule has 0 bridgehead atoms. The summed E-state index contributed by atoms with van der Waals surface area (Å²) in [5, 5.41) is 0. The molecule has 1 aromatic heterocycles. The third-order valence-corrected chi connectivity index (χ3v) is 2.27. The Bertz CT molecular complexity index is 264. The molecule has 1 rings (SSSR count). The summed E-state index contributed by atoms with van der Waals surface area (Å²) in [5.74, 6) is 0. The second-order valence-corrected chi connectivity index (χ2v) is 3.72. The van der Waals surface area contributed by atoms with Crippen molar-refractivity contribution in [1.29, 1.82) is 0 Å². The van der Waals surface area contributed by atoms with E-state index in [1.54, 1.807) is 6.07 Å². The Hall–Kier alpha value is -0.220. The monoisotopic (exact) mass is 277 g/mol. The minimum Gasteiger partial charge on any atom is -0.302 e. The molecule has 58 valence electrons. The summed E-state index contributed by atoms with van der Waals surface area (Å²) in [6, 6.07) is 5.44. The number of hydrogen-bond acceptors (Lipinski definition) is 2. The van der Waals surface area contributed by atoms with Crippen LogP contribution in [0.3, 0.4) is 0 Å². The highest BCUT2D eigenvalue weighted by Crippen LogP contribution is 2.19. The van der Waals surface area contributed by atoms with Gasteiger partial charge in [-0.1, -0.05) is 22.0 Å². The lowest BCUT2D eigenvalue weighted by Crippen LogP contribution is -1.93. The van der Waals surface area contributed by atoms with Crippen LogP contribution in [0.1, 0.15) is 10.5 Å². The zero-order chi connectivity index (χ0) is 8.27. The predicted molar refractivity (Wildman–Crippen MR) is 49.7 cm³/mol. The summed E-state index contributed by atoms with van der Waals surface area (Å²) in [7, 11) is 0. The summed E-state index contributed by atoms with van der Waals surface area (Å²) in [6.45, 7) is 0. The van der Waals surface area contributed by atoms with Crippen LogP contribution in [0.4, 0.5) is 0 Å². The highest BCUT2D eigenvalue weighted by atomic mass is 79.9. The highest BCUT2D eigenvalue weighted by molar-refractivity contribution is 9.10. The number of halogens is 2. The average Bonchev–Trinajstić information content (AvgIpc) is 2.03. The van der Waals surface area contributed by atoms with Crippen molar-refractivity contribution in [3.63, 3.8) is 0 Å². The Morgan fingerprint density at radius 3 is 2.82 bits per heavy atom. The molecule has 0 N–H and O–H groups in total. The molecule has 0 aliphatic rings. The molecule has 2 nitrogen and oxygen atoms in total. The normalized spacial score (nSPS) is 12.5. The van der Waals surface area contributed by atoms with Gasteiger partial charge in [0.25, 0.3) is 0 Å². The van der Waals surface area contributed by atoms with Crippen LogP contribution < -0.4 is 0 Å². The SMILES string of the molecule is O=CC(Br)c1cccc(Br)n1. The lowest BCUT2D eigenvalue weighted by Gasteiger charge is -1.99. The molecule has 1 unspecified atom stereocenters. The second-order valence-electron chi connectivity index (χ2n) is 1.92. The molecule has 0 amide bonds. The van der Waals surface area contributed by atoms with Crippen molar-refractivity contribution < 1.29 is 4.79 Å². The Morgan fingerprint density at radius 1 is 1.55 bits per heavy atom. The van der Waals surface area contributed by atoms with Gasteiger partial charge in [-0.2, -0.15) is 0 Å². The van der Waals surface area contributed by atoms with Crippen molar-refractivity contribution >= 4 is 38.1 Å². The number of nitrogens with zero attached hydrogens (tertiary/aromatic N) is 1. The predicted octanol–water partition coefficient (Wildman–Crippen LogP) is 2.48. The molecule has 0 aliphatic heterocycles. The van der Waals surface area contributed by atoms with Crippen molar-refractivity contribution in [2.75, 3.05) is 0 Å².